The second-order valence-electron chi connectivity index (χ2n) is 3.24. The van der Waals surface area contributed by atoms with Gasteiger partial charge in [0.2, 0.25) is 0 Å². The Morgan fingerprint density at radius 1 is 1.31 bits per heavy atom. The van der Waals surface area contributed by atoms with Crippen molar-refractivity contribution in [1.82, 2.24) is 0 Å². The Balaban J connectivity index is 2.69. The second kappa shape index (κ2) is 4.34. The molecular formula is C8H16O5. The van der Waals surface area contributed by atoms with Crippen LogP contribution in [0.4, 0.5) is 0 Å². The molecule has 1 aliphatic heterocycles. The highest BCUT2D eigenvalue weighted by Gasteiger charge is 2.42. The maximum atomic E-state index is 9.54. The third-order valence-electron chi connectivity index (χ3n) is 2.38. The van der Waals surface area contributed by atoms with Gasteiger partial charge in [-0.3, -0.25) is 0 Å². The van der Waals surface area contributed by atoms with Crippen LogP contribution in [0.15, 0.2) is 0 Å². The molecule has 1 heterocycles. The Bertz CT molecular complexity index is 161. The van der Waals surface area contributed by atoms with Crippen LogP contribution in [-0.2, 0) is 9.47 Å². The highest BCUT2D eigenvalue weighted by atomic mass is 16.6. The maximum absolute atomic E-state index is 9.54. The van der Waals surface area contributed by atoms with Crippen molar-refractivity contribution in [1.29, 1.82) is 0 Å². The summed E-state index contributed by atoms with van der Waals surface area (Å²) >= 11 is 0. The molecule has 0 saturated carbocycles. The van der Waals surface area contributed by atoms with Gasteiger partial charge in [0, 0.05) is 7.11 Å². The van der Waals surface area contributed by atoms with E-state index in [4.69, 9.17) is 14.6 Å². The van der Waals surface area contributed by atoms with Crippen LogP contribution in [0.2, 0.25) is 0 Å². The first kappa shape index (κ1) is 10.9. The molecule has 0 aromatic carbocycles. The average molecular weight is 192 g/mol. The van der Waals surface area contributed by atoms with Crippen molar-refractivity contribution in [2.24, 2.45) is 0 Å². The zero-order valence-electron chi connectivity index (χ0n) is 7.75. The molecule has 0 spiro atoms. The van der Waals surface area contributed by atoms with Crippen LogP contribution in [0.25, 0.3) is 0 Å². The van der Waals surface area contributed by atoms with Gasteiger partial charge in [0.05, 0.1) is 12.7 Å². The third kappa shape index (κ3) is 2.00. The van der Waals surface area contributed by atoms with E-state index in [1.54, 1.807) is 6.92 Å². The van der Waals surface area contributed by atoms with Gasteiger partial charge in [0.25, 0.3) is 0 Å². The topological polar surface area (TPSA) is 79.2 Å². The lowest BCUT2D eigenvalue weighted by atomic mass is 9.96. The lowest BCUT2D eigenvalue weighted by Gasteiger charge is -2.40. The summed E-state index contributed by atoms with van der Waals surface area (Å²) in [6.45, 7) is 1.41. The van der Waals surface area contributed by atoms with Gasteiger partial charge in [-0.25, -0.2) is 0 Å². The van der Waals surface area contributed by atoms with Crippen molar-refractivity contribution in [3.63, 3.8) is 0 Å². The molecule has 0 radical (unpaired) electrons. The SMILES string of the molecule is CO[C@@H]1C(CO)O[C@H](C)[C@@H](O)C1O. The summed E-state index contributed by atoms with van der Waals surface area (Å²) in [4.78, 5) is 0. The molecule has 1 saturated heterocycles. The fourth-order valence-electron chi connectivity index (χ4n) is 1.56. The van der Waals surface area contributed by atoms with E-state index < -0.39 is 30.5 Å². The smallest absolute Gasteiger partial charge is 0.114 e. The zero-order chi connectivity index (χ0) is 10.0. The highest BCUT2D eigenvalue weighted by Crippen LogP contribution is 2.22. The van der Waals surface area contributed by atoms with Gasteiger partial charge in [-0.1, -0.05) is 0 Å². The van der Waals surface area contributed by atoms with Crippen LogP contribution < -0.4 is 0 Å². The first-order valence-corrected chi connectivity index (χ1v) is 4.27. The van der Waals surface area contributed by atoms with Crippen molar-refractivity contribution in [3.05, 3.63) is 0 Å². The fourth-order valence-corrected chi connectivity index (χ4v) is 1.56. The molecule has 0 amide bonds. The predicted molar refractivity (Wildman–Crippen MR) is 44.2 cm³/mol. The number of methoxy groups -OCH3 is 1. The average Bonchev–Trinajstić information content (AvgIpc) is 2.13. The molecule has 1 aliphatic rings. The number of hydrogen-bond donors (Lipinski definition) is 3. The Kier molecular flexibility index (Phi) is 3.63. The van der Waals surface area contributed by atoms with E-state index in [0.29, 0.717) is 0 Å². The van der Waals surface area contributed by atoms with E-state index in [1.165, 1.54) is 7.11 Å². The minimum absolute atomic E-state index is 0.230. The van der Waals surface area contributed by atoms with Gasteiger partial charge in [-0.2, -0.15) is 0 Å². The predicted octanol–water partition coefficient (Wildman–Crippen LogP) is -1.50. The zero-order valence-corrected chi connectivity index (χ0v) is 7.75. The molecule has 1 rings (SSSR count). The van der Waals surface area contributed by atoms with Crippen LogP contribution in [0.1, 0.15) is 6.92 Å². The lowest BCUT2D eigenvalue weighted by molar-refractivity contribution is -0.231. The molecule has 0 bridgehead atoms. The van der Waals surface area contributed by atoms with Gasteiger partial charge >= 0.3 is 0 Å². The largest absolute Gasteiger partial charge is 0.394 e. The molecule has 0 aromatic rings. The molecule has 5 atom stereocenters. The minimum atomic E-state index is -1.01. The normalized spacial score (nSPS) is 46.4. The van der Waals surface area contributed by atoms with Crippen LogP contribution >= 0.6 is 0 Å². The van der Waals surface area contributed by atoms with E-state index >= 15 is 0 Å². The summed E-state index contributed by atoms with van der Waals surface area (Å²) < 4.78 is 10.2. The van der Waals surface area contributed by atoms with E-state index in [1.807, 2.05) is 0 Å². The summed E-state index contributed by atoms with van der Waals surface area (Å²) in [6, 6.07) is 0. The van der Waals surface area contributed by atoms with Crippen LogP contribution in [0.5, 0.6) is 0 Å². The number of ether oxygens (including phenoxy) is 2. The summed E-state index contributed by atoms with van der Waals surface area (Å²) in [7, 11) is 1.41. The van der Waals surface area contributed by atoms with E-state index in [9.17, 15) is 10.2 Å². The number of aliphatic hydroxyl groups is 3. The molecular weight excluding hydrogens is 176 g/mol. The number of rotatable bonds is 2. The van der Waals surface area contributed by atoms with Crippen molar-refractivity contribution < 1.29 is 24.8 Å². The third-order valence-corrected chi connectivity index (χ3v) is 2.38. The molecule has 13 heavy (non-hydrogen) atoms. The molecule has 1 fully saturated rings. The van der Waals surface area contributed by atoms with Crippen molar-refractivity contribution in [3.8, 4) is 0 Å². The second-order valence-corrected chi connectivity index (χ2v) is 3.24. The maximum Gasteiger partial charge on any atom is 0.114 e. The van der Waals surface area contributed by atoms with E-state index in [2.05, 4.69) is 0 Å². The first-order valence-electron chi connectivity index (χ1n) is 4.27. The Hall–Kier alpha value is -0.200. The number of hydrogen-bond acceptors (Lipinski definition) is 5. The summed E-state index contributed by atoms with van der Waals surface area (Å²) in [6.07, 6.45) is -3.70. The molecule has 0 aromatic heterocycles. The van der Waals surface area contributed by atoms with E-state index in [0.717, 1.165) is 0 Å². The standard InChI is InChI=1S/C8H16O5/c1-4-6(10)7(11)8(12-2)5(3-9)13-4/h4-11H,3H2,1-2H3/t4-,5?,6-,7?,8-/m1/s1. The Morgan fingerprint density at radius 3 is 2.38 bits per heavy atom. The summed E-state index contributed by atoms with van der Waals surface area (Å²) in [5, 5.41) is 27.9. The molecule has 78 valence electrons. The van der Waals surface area contributed by atoms with E-state index in [-0.39, 0.29) is 6.61 Å². The minimum Gasteiger partial charge on any atom is -0.394 e. The molecule has 5 heteroatoms. The van der Waals surface area contributed by atoms with Gasteiger partial charge in [0.1, 0.15) is 24.4 Å². The first-order chi connectivity index (χ1) is 6.11. The summed E-state index contributed by atoms with van der Waals surface area (Å²) in [5.41, 5.74) is 0. The van der Waals surface area contributed by atoms with Crippen molar-refractivity contribution in [2.45, 2.75) is 37.4 Å². The van der Waals surface area contributed by atoms with Crippen LogP contribution in [0, 0.1) is 0 Å². The van der Waals surface area contributed by atoms with Crippen molar-refractivity contribution in [2.75, 3.05) is 13.7 Å². The monoisotopic (exact) mass is 192 g/mol. The quantitative estimate of drug-likeness (QED) is 0.496. The molecule has 2 unspecified atom stereocenters. The van der Waals surface area contributed by atoms with Crippen molar-refractivity contribution >= 4 is 0 Å². The fraction of sp³-hybridized carbons (Fsp3) is 1.00. The molecule has 0 aliphatic carbocycles. The Labute approximate surface area is 76.9 Å². The van der Waals surface area contributed by atoms with Gasteiger partial charge in [-0.15, -0.1) is 0 Å². The lowest BCUT2D eigenvalue weighted by Crippen LogP contribution is -2.58. The molecule has 3 N–H and O–H groups in total. The van der Waals surface area contributed by atoms with Crippen LogP contribution in [0.3, 0.4) is 0 Å². The van der Waals surface area contributed by atoms with Crippen LogP contribution in [-0.4, -0.2) is 59.6 Å². The van der Waals surface area contributed by atoms with Gasteiger partial charge in [0.15, 0.2) is 0 Å². The highest BCUT2D eigenvalue weighted by molar-refractivity contribution is 4.91. The van der Waals surface area contributed by atoms with Gasteiger partial charge < -0.3 is 24.8 Å². The van der Waals surface area contributed by atoms with Gasteiger partial charge in [-0.05, 0) is 6.92 Å². The summed E-state index contributed by atoms with van der Waals surface area (Å²) in [5.74, 6) is 0. The number of aliphatic hydroxyl groups excluding tert-OH is 3. The Morgan fingerprint density at radius 2 is 1.92 bits per heavy atom. The molecule has 5 nitrogen and oxygen atoms in total.